The Bertz CT molecular complexity index is 515. The van der Waals surface area contributed by atoms with Gasteiger partial charge < -0.3 is 19.5 Å². The Balaban J connectivity index is 0.00000242. The molecular weight excluding hydrogens is 374 g/mol. The van der Waals surface area contributed by atoms with Crippen LogP contribution in [0.2, 0.25) is 0 Å². The number of carbonyl (C=O) groups is 2. The number of likely N-dealkylation sites (N-methyl/N-ethyl adjacent to an activating group) is 1. The molecule has 0 atom stereocenters. The zero-order chi connectivity index (χ0) is 15.4. The molecule has 1 aromatic rings. The van der Waals surface area contributed by atoms with Crippen LogP contribution < -0.4 is 5.32 Å². The van der Waals surface area contributed by atoms with Gasteiger partial charge in [-0.25, -0.2) is 0 Å². The van der Waals surface area contributed by atoms with Crippen molar-refractivity contribution in [2.75, 3.05) is 33.7 Å². The van der Waals surface area contributed by atoms with E-state index in [-0.39, 0.29) is 36.5 Å². The summed E-state index contributed by atoms with van der Waals surface area (Å²) in [4.78, 5) is 27.5. The van der Waals surface area contributed by atoms with Gasteiger partial charge in [0, 0.05) is 26.2 Å². The van der Waals surface area contributed by atoms with Crippen LogP contribution in [0.15, 0.2) is 21.2 Å². The lowest BCUT2D eigenvalue weighted by molar-refractivity contribution is -0.132. The summed E-state index contributed by atoms with van der Waals surface area (Å²) in [5.74, 6) is -0.0868. The molecule has 0 aromatic carbocycles. The van der Waals surface area contributed by atoms with Crippen LogP contribution >= 0.6 is 28.3 Å². The highest BCUT2D eigenvalue weighted by atomic mass is 79.9. The molecule has 22 heavy (non-hydrogen) atoms. The van der Waals surface area contributed by atoms with Crippen molar-refractivity contribution >= 4 is 40.2 Å². The van der Waals surface area contributed by atoms with Gasteiger partial charge in [0.1, 0.15) is 0 Å². The molecule has 2 amide bonds. The number of furan rings is 1. The minimum Gasteiger partial charge on any atom is -0.444 e. The lowest BCUT2D eigenvalue weighted by Gasteiger charge is -2.32. The second kappa shape index (κ2) is 8.55. The number of amides is 2. The first-order chi connectivity index (χ1) is 10.0. The van der Waals surface area contributed by atoms with Gasteiger partial charge in [0.25, 0.3) is 5.91 Å². The Morgan fingerprint density at radius 1 is 1.41 bits per heavy atom. The fourth-order valence-electron chi connectivity index (χ4n) is 2.41. The van der Waals surface area contributed by atoms with Crippen LogP contribution in [-0.4, -0.2) is 61.4 Å². The smallest absolute Gasteiger partial charge is 0.289 e. The standard InChI is InChI=1S/C14H20BrN3O3.ClH/c1-16-10-5-7-18(8-6-10)13(19)9-17(2)14(20)11-3-4-12(15)21-11;/h3-4,10,16H,5-9H2,1-2H3;1H. The Labute approximate surface area is 144 Å². The van der Waals surface area contributed by atoms with E-state index in [2.05, 4.69) is 21.2 Å². The quantitative estimate of drug-likeness (QED) is 0.845. The van der Waals surface area contributed by atoms with Crippen LogP contribution in [-0.2, 0) is 4.79 Å². The molecule has 2 heterocycles. The second-order valence-corrected chi connectivity index (χ2v) is 5.99. The van der Waals surface area contributed by atoms with Gasteiger partial charge in [-0.05, 0) is 48.0 Å². The zero-order valence-electron chi connectivity index (χ0n) is 12.7. The van der Waals surface area contributed by atoms with Gasteiger partial charge in [0.05, 0.1) is 6.54 Å². The van der Waals surface area contributed by atoms with E-state index in [4.69, 9.17) is 4.42 Å². The van der Waals surface area contributed by atoms with E-state index in [1.54, 1.807) is 19.2 Å². The molecule has 0 radical (unpaired) electrons. The number of piperidine rings is 1. The molecule has 1 aliphatic heterocycles. The molecule has 8 heteroatoms. The van der Waals surface area contributed by atoms with E-state index < -0.39 is 0 Å². The van der Waals surface area contributed by atoms with Crippen molar-refractivity contribution in [2.24, 2.45) is 0 Å². The summed E-state index contributed by atoms with van der Waals surface area (Å²) in [6, 6.07) is 3.73. The van der Waals surface area contributed by atoms with Gasteiger partial charge in [-0.2, -0.15) is 0 Å². The van der Waals surface area contributed by atoms with Crippen molar-refractivity contribution in [3.05, 3.63) is 22.6 Å². The summed E-state index contributed by atoms with van der Waals surface area (Å²) in [6.07, 6.45) is 1.90. The minimum absolute atomic E-state index is 0. The van der Waals surface area contributed by atoms with E-state index in [9.17, 15) is 9.59 Å². The fraction of sp³-hybridized carbons (Fsp3) is 0.571. The van der Waals surface area contributed by atoms with Crippen LogP contribution in [0.3, 0.4) is 0 Å². The Morgan fingerprint density at radius 3 is 2.55 bits per heavy atom. The summed E-state index contributed by atoms with van der Waals surface area (Å²) in [5.41, 5.74) is 0. The topological polar surface area (TPSA) is 65.8 Å². The second-order valence-electron chi connectivity index (χ2n) is 5.21. The number of halogens is 2. The van der Waals surface area contributed by atoms with Gasteiger partial charge in [-0.15, -0.1) is 12.4 Å². The maximum atomic E-state index is 12.2. The maximum Gasteiger partial charge on any atom is 0.289 e. The van der Waals surface area contributed by atoms with Crippen LogP contribution in [0.1, 0.15) is 23.4 Å². The highest BCUT2D eigenvalue weighted by Gasteiger charge is 2.24. The summed E-state index contributed by atoms with van der Waals surface area (Å²) in [5, 5.41) is 3.23. The van der Waals surface area contributed by atoms with Crippen LogP contribution in [0.25, 0.3) is 0 Å². The monoisotopic (exact) mass is 393 g/mol. The lowest BCUT2D eigenvalue weighted by atomic mass is 10.1. The van der Waals surface area contributed by atoms with Crippen molar-refractivity contribution in [1.82, 2.24) is 15.1 Å². The van der Waals surface area contributed by atoms with Crippen molar-refractivity contribution in [3.63, 3.8) is 0 Å². The van der Waals surface area contributed by atoms with E-state index in [1.807, 2.05) is 11.9 Å². The van der Waals surface area contributed by atoms with E-state index >= 15 is 0 Å². The Morgan fingerprint density at radius 2 is 2.05 bits per heavy atom. The van der Waals surface area contributed by atoms with E-state index in [0.29, 0.717) is 10.7 Å². The third kappa shape index (κ3) is 4.72. The number of hydrogen-bond donors (Lipinski definition) is 1. The highest BCUT2D eigenvalue weighted by Crippen LogP contribution is 2.16. The number of hydrogen-bond acceptors (Lipinski definition) is 4. The molecule has 1 aliphatic rings. The summed E-state index contributed by atoms with van der Waals surface area (Å²) >= 11 is 3.16. The molecule has 1 fully saturated rings. The highest BCUT2D eigenvalue weighted by molar-refractivity contribution is 9.10. The third-order valence-corrected chi connectivity index (χ3v) is 4.19. The molecule has 2 rings (SSSR count). The summed E-state index contributed by atoms with van der Waals surface area (Å²) in [7, 11) is 3.55. The van der Waals surface area contributed by atoms with Crippen LogP contribution in [0, 0.1) is 0 Å². The van der Waals surface area contributed by atoms with Crippen molar-refractivity contribution in [2.45, 2.75) is 18.9 Å². The average molecular weight is 395 g/mol. The van der Waals surface area contributed by atoms with Crippen molar-refractivity contribution < 1.29 is 14.0 Å². The Hall–Kier alpha value is -1.05. The molecule has 0 aliphatic carbocycles. The first-order valence-electron chi connectivity index (χ1n) is 6.97. The number of likely N-dealkylation sites (tertiary alicyclic amines) is 1. The zero-order valence-corrected chi connectivity index (χ0v) is 15.1. The summed E-state index contributed by atoms with van der Waals surface area (Å²) < 4.78 is 5.71. The number of nitrogens with zero attached hydrogens (tertiary/aromatic N) is 2. The normalized spacial score (nSPS) is 15.3. The van der Waals surface area contributed by atoms with Gasteiger partial charge in [0.15, 0.2) is 10.4 Å². The molecule has 0 unspecified atom stereocenters. The maximum absolute atomic E-state index is 12.2. The largest absolute Gasteiger partial charge is 0.444 e. The molecule has 1 aromatic heterocycles. The fourth-order valence-corrected chi connectivity index (χ4v) is 2.72. The molecule has 124 valence electrons. The first kappa shape index (κ1) is 19.0. The molecule has 1 N–H and O–H groups in total. The minimum atomic E-state index is -0.292. The molecule has 0 bridgehead atoms. The van der Waals surface area contributed by atoms with E-state index in [1.165, 1.54) is 4.90 Å². The predicted octanol–water partition coefficient (Wildman–Crippen LogP) is 1.75. The summed E-state index contributed by atoms with van der Waals surface area (Å²) in [6.45, 7) is 1.54. The first-order valence-corrected chi connectivity index (χ1v) is 7.76. The third-order valence-electron chi connectivity index (χ3n) is 3.76. The predicted molar refractivity (Wildman–Crippen MR) is 89.3 cm³/mol. The molecule has 0 saturated carbocycles. The van der Waals surface area contributed by atoms with Crippen LogP contribution in [0.4, 0.5) is 0 Å². The number of rotatable bonds is 4. The molecular formula is C14H21BrClN3O3. The lowest BCUT2D eigenvalue weighted by Crippen LogP contribution is -2.47. The van der Waals surface area contributed by atoms with Gasteiger partial charge in [-0.3, -0.25) is 9.59 Å². The van der Waals surface area contributed by atoms with Gasteiger partial charge in [-0.1, -0.05) is 0 Å². The van der Waals surface area contributed by atoms with Gasteiger partial charge >= 0.3 is 0 Å². The molecule has 1 saturated heterocycles. The number of carbonyl (C=O) groups excluding carboxylic acids is 2. The molecule has 0 spiro atoms. The Kier molecular flexibility index (Phi) is 7.38. The van der Waals surface area contributed by atoms with E-state index in [0.717, 1.165) is 25.9 Å². The van der Waals surface area contributed by atoms with Gasteiger partial charge in [0.2, 0.25) is 5.91 Å². The van der Waals surface area contributed by atoms with Crippen LogP contribution in [0.5, 0.6) is 0 Å². The van der Waals surface area contributed by atoms with Crippen molar-refractivity contribution in [3.8, 4) is 0 Å². The SMILES string of the molecule is CNC1CCN(C(=O)CN(C)C(=O)c2ccc(Br)o2)CC1.Cl. The molecule has 6 nitrogen and oxygen atoms in total. The van der Waals surface area contributed by atoms with Crippen molar-refractivity contribution in [1.29, 1.82) is 0 Å². The number of nitrogens with one attached hydrogen (secondary N) is 1. The average Bonchev–Trinajstić information content (AvgIpc) is 2.93.